The molecule has 3 aromatic heterocycles. The van der Waals surface area contributed by atoms with Crippen molar-refractivity contribution in [2.45, 2.75) is 0 Å². The molecule has 0 radical (unpaired) electrons. The van der Waals surface area contributed by atoms with Gasteiger partial charge in [0.2, 0.25) is 0 Å². The van der Waals surface area contributed by atoms with Crippen molar-refractivity contribution in [1.82, 2.24) is 13.8 Å². The van der Waals surface area contributed by atoms with E-state index in [4.69, 9.17) is 23.2 Å². The molecule has 1 aromatic carbocycles. The summed E-state index contributed by atoms with van der Waals surface area (Å²) in [5.74, 6) is 0. The minimum atomic E-state index is -1.38. The highest BCUT2D eigenvalue weighted by Crippen LogP contribution is 2.15. The maximum atomic E-state index is 4.76. The lowest BCUT2D eigenvalue weighted by Crippen LogP contribution is -3.04. The van der Waals surface area contributed by atoms with E-state index in [1.807, 2.05) is 0 Å². The van der Waals surface area contributed by atoms with E-state index in [2.05, 4.69) is 123 Å². The van der Waals surface area contributed by atoms with Gasteiger partial charge < -0.3 is 21.6 Å². The molecular formula is C16H16B2Br2Cl2N6. The fourth-order valence-electron chi connectivity index (χ4n) is 4.86. The van der Waals surface area contributed by atoms with Gasteiger partial charge >= 0.3 is 13.7 Å². The largest absolute Gasteiger partial charge is 1.00 e. The highest BCUT2D eigenvalue weighted by Gasteiger charge is 2.65. The molecule has 12 heteroatoms. The number of aromatic nitrogens is 6. The molecule has 0 N–H and O–H groups in total. The summed E-state index contributed by atoms with van der Waals surface area (Å²) in [4.78, 5) is 0. The third kappa shape index (κ3) is 2.44. The van der Waals surface area contributed by atoms with Crippen LogP contribution in [0.15, 0.2) is 84.1 Å². The summed E-state index contributed by atoms with van der Waals surface area (Å²) in [7, 11) is -0.947. The summed E-state index contributed by atoms with van der Waals surface area (Å²) in [6.07, 6.45) is 13.1. The Morgan fingerprint density at radius 2 is 1.43 bits per heavy atom. The van der Waals surface area contributed by atoms with E-state index < -0.39 is 13.7 Å². The monoisotopic (exact) mass is 542 g/mol. The molecule has 0 saturated heterocycles. The average molecular weight is 545 g/mol. The van der Waals surface area contributed by atoms with Crippen LogP contribution in [0.4, 0.5) is 0 Å². The second kappa shape index (κ2) is 7.40. The Balaban J connectivity index is 0.000000454. The molecule has 0 atom stereocenters. The Kier molecular flexibility index (Phi) is 5.24. The maximum Gasteiger partial charge on any atom is 0.725 e. The van der Waals surface area contributed by atoms with Crippen LogP contribution < -0.4 is 36.2 Å². The molecular weight excluding hydrogens is 529 g/mol. The number of rotatable bonds is 1. The van der Waals surface area contributed by atoms with Crippen LogP contribution in [0.3, 0.4) is 0 Å². The Labute approximate surface area is 191 Å². The van der Waals surface area contributed by atoms with Crippen LogP contribution in [-0.4, -0.2) is 32.8 Å². The Hall–Kier alpha value is -1.48. The summed E-state index contributed by atoms with van der Waals surface area (Å²) in [5.41, 5.74) is 1.26. The number of nitrogens with zero attached hydrogens (tertiary/aromatic N) is 6. The van der Waals surface area contributed by atoms with Gasteiger partial charge in [-0.05, 0) is 0 Å². The maximum absolute atomic E-state index is 4.76. The first-order valence-corrected chi connectivity index (χ1v) is 10.6. The zero-order chi connectivity index (χ0) is 18.6. The molecule has 7 rings (SSSR count). The molecule has 3 aliphatic heterocycles. The summed E-state index contributed by atoms with van der Waals surface area (Å²) in [5, 5.41) is 0.194. The fourth-order valence-corrected chi connectivity index (χ4v) is 5.12. The Morgan fingerprint density at radius 1 is 0.893 bits per heavy atom. The lowest BCUT2D eigenvalue weighted by Gasteiger charge is -2.44. The van der Waals surface area contributed by atoms with Gasteiger partial charge in [-0.15, -0.1) is 23.2 Å². The van der Waals surface area contributed by atoms with Crippen molar-refractivity contribution in [3.05, 3.63) is 84.1 Å². The number of alkyl halides is 2. The van der Waals surface area contributed by atoms with Gasteiger partial charge in [0.15, 0.2) is 0 Å². The quantitative estimate of drug-likeness (QED) is 0.158. The predicted molar refractivity (Wildman–Crippen MR) is 110 cm³/mol. The van der Waals surface area contributed by atoms with Crippen LogP contribution in [0, 0.1) is 0 Å². The molecule has 28 heavy (non-hydrogen) atoms. The standard InChI is InChI=1S/C15H14B2BrN6.CH2Cl2.BrH/c18-15-6-4-14(5-7-15)17-22-11-1-8-19(22)16(20-9-2-12-23(17)20)21-10-3-13-24(17)21;2-1-3;/h1-13,16H;1H2;1H/q+1;;/p-1. The highest BCUT2D eigenvalue weighted by atomic mass is 79.9. The van der Waals surface area contributed by atoms with E-state index in [1.165, 1.54) is 5.46 Å². The van der Waals surface area contributed by atoms with E-state index in [0.717, 1.165) is 4.47 Å². The van der Waals surface area contributed by atoms with Gasteiger partial charge in [0, 0.05) is 41.3 Å². The first-order valence-electron chi connectivity index (χ1n) is 8.71. The molecule has 0 unspecified atom stereocenters. The number of hydrogen-bond donors (Lipinski definition) is 0. The van der Waals surface area contributed by atoms with Crippen LogP contribution in [0.25, 0.3) is 0 Å². The summed E-state index contributed by atoms with van der Waals surface area (Å²) < 4.78 is 15.4. The molecule has 0 fully saturated rings. The number of hydrogen-bond acceptors (Lipinski definition) is 0. The highest BCUT2D eigenvalue weighted by molar-refractivity contribution is 9.10. The topological polar surface area (TPSA) is 26.4 Å². The normalized spacial score (nSPS) is 20.3. The molecule has 3 aliphatic rings. The first kappa shape index (κ1) is 19.8. The van der Waals surface area contributed by atoms with Gasteiger partial charge in [-0.25, -0.2) is 4.59 Å². The summed E-state index contributed by atoms with van der Waals surface area (Å²) >= 11 is 13.1. The van der Waals surface area contributed by atoms with Crippen molar-refractivity contribution in [2.24, 2.45) is 0 Å². The minimum absolute atomic E-state index is 0. The van der Waals surface area contributed by atoms with E-state index >= 15 is 0 Å². The van der Waals surface area contributed by atoms with Gasteiger partial charge in [-0.1, -0.05) is 45.7 Å². The van der Waals surface area contributed by atoms with Crippen LogP contribution in [-0.2, 0) is 0 Å². The van der Waals surface area contributed by atoms with Crippen molar-refractivity contribution < 1.29 is 30.8 Å². The number of halogens is 4. The lowest BCUT2D eigenvalue weighted by molar-refractivity contribution is -0.822. The third-order valence-electron chi connectivity index (χ3n) is 5.67. The second-order valence-electron chi connectivity index (χ2n) is 6.74. The van der Waals surface area contributed by atoms with Crippen molar-refractivity contribution in [3.8, 4) is 0 Å². The molecule has 6 heterocycles. The molecule has 4 aromatic rings. The lowest BCUT2D eigenvalue weighted by atomic mass is 9.51. The van der Waals surface area contributed by atoms with Gasteiger partial charge in [0.05, 0.1) is 5.34 Å². The second-order valence-corrected chi connectivity index (χ2v) is 8.46. The fraction of sp³-hybridized carbons (Fsp3) is 0.0625. The zero-order valence-corrected chi connectivity index (χ0v) is 19.4. The molecule has 0 amide bonds. The number of benzene rings is 1. The van der Waals surface area contributed by atoms with Gasteiger partial charge in [-0.2, -0.15) is 0 Å². The molecule has 2 bridgehead atoms. The van der Waals surface area contributed by atoms with Crippen LogP contribution >= 0.6 is 39.1 Å². The van der Waals surface area contributed by atoms with Crippen molar-refractivity contribution in [1.29, 1.82) is 0 Å². The Morgan fingerprint density at radius 3 is 2.00 bits per heavy atom. The van der Waals surface area contributed by atoms with Crippen LogP contribution in [0.5, 0.6) is 0 Å². The summed E-state index contributed by atoms with van der Waals surface area (Å²) in [6.45, 7) is -1.38. The Bertz CT molecular complexity index is 1020. The van der Waals surface area contributed by atoms with Crippen molar-refractivity contribution >= 4 is 58.3 Å². The summed E-state index contributed by atoms with van der Waals surface area (Å²) in [6, 6.07) is 15.1. The van der Waals surface area contributed by atoms with E-state index in [0.29, 0.717) is 0 Å². The molecule has 0 aliphatic carbocycles. The predicted octanol–water partition coefficient (Wildman–Crippen LogP) is -2.78. The van der Waals surface area contributed by atoms with Gasteiger partial charge in [0.1, 0.15) is 18.6 Å². The van der Waals surface area contributed by atoms with E-state index in [1.54, 1.807) is 0 Å². The minimum Gasteiger partial charge on any atom is -1.00 e. The molecule has 0 spiro atoms. The molecule has 144 valence electrons. The van der Waals surface area contributed by atoms with Gasteiger partial charge in [-0.3, -0.25) is 18.4 Å². The van der Waals surface area contributed by atoms with Crippen LogP contribution in [0.2, 0.25) is 0 Å². The smallest absolute Gasteiger partial charge is 0.725 e. The van der Waals surface area contributed by atoms with E-state index in [-0.39, 0.29) is 22.3 Å². The molecule has 0 saturated carbocycles. The van der Waals surface area contributed by atoms with Crippen molar-refractivity contribution in [3.63, 3.8) is 0 Å². The SMILES string of the molecule is Brc1ccc([B-]23n4ccc[n+]4[BH-](n4ccc[n+]42)[n+]2cccn23)cc1.ClCCl.[Br-]. The third-order valence-corrected chi connectivity index (χ3v) is 6.20. The van der Waals surface area contributed by atoms with E-state index in [9.17, 15) is 0 Å². The van der Waals surface area contributed by atoms with Crippen LogP contribution in [0.1, 0.15) is 0 Å². The molecule has 6 nitrogen and oxygen atoms in total. The van der Waals surface area contributed by atoms with Crippen molar-refractivity contribution in [2.75, 3.05) is 5.34 Å². The van der Waals surface area contributed by atoms with Gasteiger partial charge in [0.25, 0.3) is 0 Å². The zero-order valence-electron chi connectivity index (χ0n) is 14.7. The first-order chi connectivity index (χ1) is 13.2. The average Bonchev–Trinajstić information content (AvgIpc) is 3.42.